The van der Waals surface area contributed by atoms with Crippen LogP contribution in [-0.4, -0.2) is 59.7 Å². The van der Waals surface area contributed by atoms with Gasteiger partial charge in [0.25, 0.3) is 0 Å². The number of piperidine rings is 2. The van der Waals surface area contributed by atoms with E-state index in [1.807, 2.05) is 4.90 Å². The van der Waals surface area contributed by atoms with E-state index in [9.17, 15) is 14.3 Å². The average Bonchev–Trinajstić information content (AvgIpc) is 2.55. The minimum atomic E-state index is -0.686. The summed E-state index contributed by atoms with van der Waals surface area (Å²) in [5.41, 5.74) is 0.122. The zero-order chi connectivity index (χ0) is 17.3. The van der Waals surface area contributed by atoms with Crippen LogP contribution in [0.5, 0.6) is 5.75 Å². The SMILES string of the molecule is COc1ccc(F)cc1CN1CC[C@@]2(O)CCN(C(C)=O)C[C@H]2C1. The Bertz CT molecular complexity index is 624. The molecule has 1 aromatic carbocycles. The number of methoxy groups -OCH3 is 1. The predicted octanol–water partition coefficient (Wildman–Crippen LogP) is 1.64. The van der Waals surface area contributed by atoms with Gasteiger partial charge in [0.15, 0.2) is 0 Å². The van der Waals surface area contributed by atoms with Crippen LogP contribution in [0.4, 0.5) is 4.39 Å². The van der Waals surface area contributed by atoms with Crippen molar-refractivity contribution in [1.29, 1.82) is 0 Å². The molecule has 0 unspecified atom stereocenters. The highest BCUT2D eigenvalue weighted by Gasteiger charge is 2.45. The molecule has 1 aromatic rings. The lowest BCUT2D eigenvalue weighted by Crippen LogP contribution is -2.60. The number of rotatable bonds is 3. The van der Waals surface area contributed by atoms with Gasteiger partial charge in [0.1, 0.15) is 11.6 Å². The zero-order valence-corrected chi connectivity index (χ0v) is 14.3. The Morgan fingerprint density at radius 2 is 2.12 bits per heavy atom. The largest absolute Gasteiger partial charge is 0.496 e. The number of carbonyl (C=O) groups excluding carboxylic acids is 1. The molecule has 0 radical (unpaired) electrons. The zero-order valence-electron chi connectivity index (χ0n) is 14.3. The molecule has 0 bridgehead atoms. The lowest BCUT2D eigenvalue weighted by atomic mass is 9.75. The van der Waals surface area contributed by atoms with Gasteiger partial charge in [0.05, 0.1) is 12.7 Å². The summed E-state index contributed by atoms with van der Waals surface area (Å²) < 4.78 is 18.9. The van der Waals surface area contributed by atoms with E-state index in [1.54, 1.807) is 20.1 Å². The number of likely N-dealkylation sites (tertiary alicyclic amines) is 2. The fourth-order valence-electron chi connectivity index (χ4n) is 3.91. The lowest BCUT2D eigenvalue weighted by Gasteiger charge is -2.50. The number of fused-ring (bicyclic) bond motifs is 1. The molecule has 0 aliphatic carbocycles. The van der Waals surface area contributed by atoms with Crippen molar-refractivity contribution in [3.63, 3.8) is 0 Å². The highest BCUT2D eigenvalue weighted by molar-refractivity contribution is 5.73. The Balaban J connectivity index is 1.71. The van der Waals surface area contributed by atoms with E-state index in [2.05, 4.69) is 4.90 Å². The Morgan fingerprint density at radius 3 is 2.83 bits per heavy atom. The topological polar surface area (TPSA) is 53.0 Å². The molecule has 1 amide bonds. The molecule has 2 aliphatic rings. The van der Waals surface area contributed by atoms with Crippen LogP contribution in [0.1, 0.15) is 25.3 Å². The van der Waals surface area contributed by atoms with E-state index in [4.69, 9.17) is 4.74 Å². The molecule has 2 fully saturated rings. The van der Waals surface area contributed by atoms with Gasteiger partial charge in [-0.1, -0.05) is 0 Å². The predicted molar refractivity (Wildman–Crippen MR) is 88.2 cm³/mol. The standard InChI is InChI=1S/C18H25FN2O3/c1-13(22)21-8-6-18(23)5-7-20(11-15(18)12-21)10-14-9-16(19)3-4-17(14)24-2/h3-4,9,15,23H,5-8,10-12H2,1-2H3/t15-,18-/m1/s1. The van der Waals surface area contributed by atoms with E-state index in [0.29, 0.717) is 44.8 Å². The molecule has 2 atom stereocenters. The highest BCUT2D eigenvalue weighted by Crippen LogP contribution is 2.36. The summed E-state index contributed by atoms with van der Waals surface area (Å²) >= 11 is 0. The molecule has 1 N–H and O–H groups in total. The third kappa shape index (κ3) is 3.39. The van der Waals surface area contributed by atoms with Gasteiger partial charge in [0, 0.05) is 51.1 Å². The monoisotopic (exact) mass is 336 g/mol. The number of ether oxygens (including phenoxy) is 1. The first-order valence-electron chi connectivity index (χ1n) is 8.44. The fourth-order valence-corrected chi connectivity index (χ4v) is 3.91. The first kappa shape index (κ1) is 17.2. The number of hydrogen-bond donors (Lipinski definition) is 1. The van der Waals surface area contributed by atoms with E-state index < -0.39 is 5.60 Å². The summed E-state index contributed by atoms with van der Waals surface area (Å²) in [5.74, 6) is 0.482. The first-order chi connectivity index (χ1) is 11.4. The molecule has 2 heterocycles. The minimum Gasteiger partial charge on any atom is -0.496 e. The molecular formula is C18H25FN2O3. The van der Waals surface area contributed by atoms with Crippen molar-refractivity contribution in [2.45, 2.75) is 31.9 Å². The number of carbonyl (C=O) groups is 1. The van der Waals surface area contributed by atoms with E-state index >= 15 is 0 Å². The molecule has 0 spiro atoms. The summed E-state index contributed by atoms with van der Waals surface area (Å²) in [6.45, 7) is 4.81. The van der Waals surface area contributed by atoms with Gasteiger partial charge >= 0.3 is 0 Å². The maximum absolute atomic E-state index is 13.5. The second-order valence-electron chi connectivity index (χ2n) is 6.96. The Morgan fingerprint density at radius 1 is 1.38 bits per heavy atom. The van der Waals surface area contributed by atoms with Gasteiger partial charge in [-0.15, -0.1) is 0 Å². The quantitative estimate of drug-likeness (QED) is 0.912. The molecule has 132 valence electrons. The second-order valence-corrected chi connectivity index (χ2v) is 6.96. The summed E-state index contributed by atoms with van der Waals surface area (Å²) in [6, 6.07) is 4.54. The summed E-state index contributed by atoms with van der Waals surface area (Å²) in [4.78, 5) is 15.7. The number of aliphatic hydroxyl groups is 1. The third-order valence-electron chi connectivity index (χ3n) is 5.44. The van der Waals surface area contributed by atoms with E-state index in [-0.39, 0.29) is 17.6 Å². The Labute approximate surface area is 142 Å². The molecule has 0 aromatic heterocycles. The summed E-state index contributed by atoms with van der Waals surface area (Å²) in [6.07, 6.45) is 1.31. The summed E-state index contributed by atoms with van der Waals surface area (Å²) in [5, 5.41) is 10.9. The maximum Gasteiger partial charge on any atom is 0.219 e. The number of halogens is 1. The van der Waals surface area contributed by atoms with E-state index in [0.717, 1.165) is 12.1 Å². The van der Waals surface area contributed by atoms with Gasteiger partial charge < -0.3 is 14.7 Å². The van der Waals surface area contributed by atoms with Gasteiger partial charge in [-0.3, -0.25) is 9.69 Å². The van der Waals surface area contributed by atoms with Crippen LogP contribution in [0.2, 0.25) is 0 Å². The molecule has 24 heavy (non-hydrogen) atoms. The van der Waals surface area contributed by atoms with Crippen molar-refractivity contribution in [2.24, 2.45) is 5.92 Å². The van der Waals surface area contributed by atoms with Crippen molar-refractivity contribution in [2.75, 3.05) is 33.3 Å². The number of nitrogens with zero attached hydrogens (tertiary/aromatic N) is 2. The molecule has 2 saturated heterocycles. The van der Waals surface area contributed by atoms with Crippen molar-refractivity contribution in [3.05, 3.63) is 29.6 Å². The molecular weight excluding hydrogens is 311 g/mol. The molecule has 6 heteroatoms. The highest BCUT2D eigenvalue weighted by atomic mass is 19.1. The molecule has 0 saturated carbocycles. The van der Waals surface area contributed by atoms with Crippen LogP contribution in [-0.2, 0) is 11.3 Å². The smallest absolute Gasteiger partial charge is 0.219 e. The van der Waals surface area contributed by atoms with E-state index in [1.165, 1.54) is 12.1 Å². The molecule has 3 rings (SSSR count). The Hall–Kier alpha value is -1.66. The van der Waals surface area contributed by atoms with Crippen LogP contribution >= 0.6 is 0 Å². The average molecular weight is 336 g/mol. The number of benzene rings is 1. The Kier molecular flexibility index (Phi) is 4.78. The number of amides is 1. The van der Waals surface area contributed by atoms with Crippen LogP contribution in [0.3, 0.4) is 0 Å². The van der Waals surface area contributed by atoms with Gasteiger partial charge in [-0.2, -0.15) is 0 Å². The van der Waals surface area contributed by atoms with Crippen LogP contribution in [0.25, 0.3) is 0 Å². The van der Waals surface area contributed by atoms with Crippen LogP contribution in [0, 0.1) is 11.7 Å². The van der Waals surface area contributed by atoms with Crippen molar-refractivity contribution >= 4 is 5.91 Å². The molecule has 5 nitrogen and oxygen atoms in total. The van der Waals surface area contributed by atoms with Crippen LogP contribution in [0.15, 0.2) is 18.2 Å². The maximum atomic E-state index is 13.5. The first-order valence-corrected chi connectivity index (χ1v) is 8.44. The summed E-state index contributed by atoms with van der Waals surface area (Å²) in [7, 11) is 1.58. The minimum absolute atomic E-state index is 0.0310. The number of hydrogen-bond acceptors (Lipinski definition) is 4. The van der Waals surface area contributed by atoms with Crippen LogP contribution < -0.4 is 4.74 Å². The normalized spacial score (nSPS) is 27.7. The lowest BCUT2D eigenvalue weighted by molar-refractivity contribution is -0.145. The van der Waals surface area contributed by atoms with Gasteiger partial charge in [-0.25, -0.2) is 4.39 Å². The van der Waals surface area contributed by atoms with Crippen molar-refractivity contribution in [3.8, 4) is 5.75 Å². The second kappa shape index (κ2) is 6.69. The van der Waals surface area contributed by atoms with Crippen molar-refractivity contribution < 1.29 is 19.0 Å². The van der Waals surface area contributed by atoms with Crippen molar-refractivity contribution in [1.82, 2.24) is 9.80 Å². The molecule has 2 aliphatic heterocycles. The van der Waals surface area contributed by atoms with Gasteiger partial charge in [-0.05, 0) is 31.0 Å². The third-order valence-corrected chi connectivity index (χ3v) is 5.44. The van der Waals surface area contributed by atoms with Gasteiger partial charge in [0.2, 0.25) is 5.91 Å². The fraction of sp³-hybridized carbons (Fsp3) is 0.611.